The molecule has 0 fully saturated rings. The normalized spacial score (nSPS) is 11.8. The summed E-state index contributed by atoms with van der Waals surface area (Å²) in [6.45, 7) is 8.30. The summed E-state index contributed by atoms with van der Waals surface area (Å²) in [6, 6.07) is 14.7. The average Bonchev–Trinajstić information content (AvgIpc) is 2.60. The highest BCUT2D eigenvalue weighted by Gasteiger charge is 2.20. The molecule has 0 saturated heterocycles. The van der Waals surface area contributed by atoms with E-state index in [1.54, 1.807) is 42.5 Å². The van der Waals surface area contributed by atoms with Crippen LogP contribution in [0.4, 0.5) is 5.69 Å². The number of nitrogens with one attached hydrogen (secondary N) is 2. The minimum Gasteiger partial charge on any atom is -0.349 e. The Morgan fingerprint density at radius 3 is 1.88 bits per heavy atom. The van der Waals surface area contributed by atoms with Crippen LogP contribution in [0.5, 0.6) is 0 Å². The van der Waals surface area contributed by atoms with Crippen LogP contribution in [0.15, 0.2) is 59.5 Å². The molecule has 140 valence electrons. The molecule has 0 saturated carbocycles. The predicted molar refractivity (Wildman–Crippen MR) is 105 cm³/mol. The molecule has 0 aliphatic carbocycles. The summed E-state index contributed by atoms with van der Waals surface area (Å²) in [7, 11) is -3.64. The SMILES string of the molecule is CC(C)C(NC(=O)c1ccc(NS(=O)(=O)c2ccccc2)cc1)C(C)C. The molecule has 5 nitrogen and oxygen atoms in total. The third-order valence-corrected chi connectivity index (χ3v) is 5.58. The number of rotatable bonds is 7. The molecular formula is C20H26N2O3S. The monoisotopic (exact) mass is 374 g/mol. The lowest BCUT2D eigenvalue weighted by atomic mass is 9.93. The van der Waals surface area contributed by atoms with E-state index in [9.17, 15) is 13.2 Å². The van der Waals surface area contributed by atoms with Crippen molar-refractivity contribution < 1.29 is 13.2 Å². The molecule has 1 amide bonds. The van der Waals surface area contributed by atoms with Gasteiger partial charge < -0.3 is 5.32 Å². The number of hydrogen-bond donors (Lipinski definition) is 2. The van der Waals surface area contributed by atoms with E-state index in [0.29, 0.717) is 23.1 Å². The molecule has 0 unspecified atom stereocenters. The van der Waals surface area contributed by atoms with Gasteiger partial charge in [-0.15, -0.1) is 0 Å². The van der Waals surface area contributed by atoms with E-state index in [4.69, 9.17) is 0 Å². The van der Waals surface area contributed by atoms with E-state index in [2.05, 4.69) is 37.7 Å². The van der Waals surface area contributed by atoms with Crippen LogP contribution in [0.25, 0.3) is 0 Å². The van der Waals surface area contributed by atoms with E-state index < -0.39 is 10.0 Å². The summed E-state index contributed by atoms with van der Waals surface area (Å²) in [5.74, 6) is 0.502. The molecule has 2 rings (SSSR count). The average molecular weight is 375 g/mol. The van der Waals surface area contributed by atoms with Crippen LogP contribution in [0, 0.1) is 11.8 Å². The van der Waals surface area contributed by atoms with Crippen molar-refractivity contribution >= 4 is 21.6 Å². The minimum absolute atomic E-state index is 0.0822. The summed E-state index contributed by atoms with van der Waals surface area (Å²) in [5, 5.41) is 3.05. The van der Waals surface area contributed by atoms with Crippen molar-refractivity contribution in [2.45, 2.75) is 38.6 Å². The number of anilines is 1. The Balaban J connectivity index is 2.10. The van der Waals surface area contributed by atoms with Gasteiger partial charge in [-0.3, -0.25) is 9.52 Å². The molecule has 0 radical (unpaired) electrons. The van der Waals surface area contributed by atoms with Gasteiger partial charge >= 0.3 is 0 Å². The van der Waals surface area contributed by atoms with Gasteiger partial charge in [-0.2, -0.15) is 0 Å². The molecule has 26 heavy (non-hydrogen) atoms. The first kappa shape index (κ1) is 20.0. The number of carbonyl (C=O) groups excluding carboxylic acids is 1. The quantitative estimate of drug-likeness (QED) is 0.772. The van der Waals surface area contributed by atoms with Gasteiger partial charge in [0.15, 0.2) is 0 Å². The number of sulfonamides is 1. The molecule has 0 spiro atoms. The van der Waals surface area contributed by atoms with Gasteiger partial charge in [0.25, 0.3) is 15.9 Å². The molecule has 2 aromatic rings. The topological polar surface area (TPSA) is 75.3 Å². The van der Waals surface area contributed by atoms with Crippen molar-refractivity contribution in [1.29, 1.82) is 0 Å². The molecule has 0 aliphatic rings. The van der Waals surface area contributed by atoms with Gasteiger partial charge in [0.1, 0.15) is 0 Å². The lowest BCUT2D eigenvalue weighted by Gasteiger charge is -2.26. The van der Waals surface area contributed by atoms with Crippen molar-refractivity contribution in [3.05, 3.63) is 60.2 Å². The first-order chi connectivity index (χ1) is 12.2. The fourth-order valence-electron chi connectivity index (χ4n) is 2.84. The molecule has 2 N–H and O–H groups in total. The zero-order chi connectivity index (χ0) is 19.3. The maximum atomic E-state index is 12.4. The highest BCUT2D eigenvalue weighted by Crippen LogP contribution is 2.17. The molecule has 0 atom stereocenters. The maximum absolute atomic E-state index is 12.4. The van der Waals surface area contributed by atoms with Crippen LogP contribution in [0.1, 0.15) is 38.1 Å². The van der Waals surface area contributed by atoms with Crippen molar-refractivity contribution in [1.82, 2.24) is 5.32 Å². The lowest BCUT2D eigenvalue weighted by molar-refractivity contribution is 0.0910. The third-order valence-electron chi connectivity index (χ3n) is 4.19. The van der Waals surface area contributed by atoms with Gasteiger partial charge in [-0.05, 0) is 48.2 Å². The van der Waals surface area contributed by atoms with E-state index in [1.165, 1.54) is 12.1 Å². The Bertz CT molecular complexity index is 821. The third kappa shape index (κ3) is 5.08. The molecular weight excluding hydrogens is 348 g/mol. The number of benzene rings is 2. The van der Waals surface area contributed by atoms with Gasteiger partial charge in [0.05, 0.1) is 4.90 Å². The number of carbonyl (C=O) groups is 1. The van der Waals surface area contributed by atoms with Crippen LogP contribution in [-0.2, 0) is 10.0 Å². The van der Waals surface area contributed by atoms with Gasteiger partial charge in [-0.25, -0.2) is 8.42 Å². The Labute approximate surface area is 155 Å². The fourth-order valence-corrected chi connectivity index (χ4v) is 3.92. The second-order valence-electron chi connectivity index (χ2n) is 6.98. The van der Waals surface area contributed by atoms with Gasteiger partial charge in [0.2, 0.25) is 0 Å². The van der Waals surface area contributed by atoms with Gasteiger partial charge in [-0.1, -0.05) is 45.9 Å². The van der Waals surface area contributed by atoms with Crippen LogP contribution in [0.2, 0.25) is 0 Å². The molecule has 6 heteroatoms. The zero-order valence-corrected chi connectivity index (χ0v) is 16.4. The summed E-state index contributed by atoms with van der Waals surface area (Å²) >= 11 is 0. The Kier molecular flexibility index (Phi) is 6.42. The fraction of sp³-hybridized carbons (Fsp3) is 0.350. The standard InChI is InChI=1S/C20H26N2O3S/c1-14(2)19(15(3)4)21-20(23)16-10-12-17(13-11-16)22-26(24,25)18-8-6-5-7-9-18/h5-15,19,22H,1-4H3,(H,21,23). The van der Waals surface area contributed by atoms with E-state index in [1.807, 2.05) is 0 Å². The second kappa shape index (κ2) is 8.36. The van der Waals surface area contributed by atoms with Crippen LogP contribution < -0.4 is 10.0 Å². The Morgan fingerprint density at radius 2 is 1.38 bits per heavy atom. The lowest BCUT2D eigenvalue weighted by Crippen LogP contribution is -2.42. The van der Waals surface area contributed by atoms with Crippen molar-refractivity contribution in [2.24, 2.45) is 11.8 Å². The van der Waals surface area contributed by atoms with E-state index in [0.717, 1.165) is 0 Å². The summed E-state index contributed by atoms with van der Waals surface area (Å²) in [4.78, 5) is 12.6. The molecule has 0 aliphatic heterocycles. The maximum Gasteiger partial charge on any atom is 0.261 e. The Hall–Kier alpha value is -2.34. The van der Waals surface area contributed by atoms with Crippen molar-refractivity contribution in [3.63, 3.8) is 0 Å². The van der Waals surface area contributed by atoms with Gasteiger partial charge in [0, 0.05) is 17.3 Å². The summed E-state index contributed by atoms with van der Waals surface area (Å²) in [6.07, 6.45) is 0. The Morgan fingerprint density at radius 1 is 0.846 bits per heavy atom. The highest BCUT2D eigenvalue weighted by atomic mass is 32.2. The zero-order valence-electron chi connectivity index (χ0n) is 15.6. The molecule has 0 heterocycles. The highest BCUT2D eigenvalue weighted by molar-refractivity contribution is 7.92. The molecule has 2 aromatic carbocycles. The second-order valence-corrected chi connectivity index (χ2v) is 8.67. The van der Waals surface area contributed by atoms with Crippen LogP contribution >= 0.6 is 0 Å². The van der Waals surface area contributed by atoms with Crippen LogP contribution in [-0.4, -0.2) is 20.4 Å². The number of hydrogen-bond acceptors (Lipinski definition) is 3. The predicted octanol–water partition coefficient (Wildman–Crippen LogP) is 3.90. The molecule has 0 bridgehead atoms. The van der Waals surface area contributed by atoms with Crippen molar-refractivity contribution in [3.8, 4) is 0 Å². The summed E-state index contributed by atoms with van der Waals surface area (Å²) < 4.78 is 27.2. The first-order valence-electron chi connectivity index (χ1n) is 8.69. The first-order valence-corrected chi connectivity index (χ1v) is 10.2. The minimum atomic E-state index is -3.64. The smallest absolute Gasteiger partial charge is 0.261 e. The molecule has 0 aromatic heterocycles. The largest absolute Gasteiger partial charge is 0.349 e. The summed E-state index contributed by atoms with van der Waals surface area (Å²) in [5.41, 5.74) is 0.911. The van der Waals surface area contributed by atoms with Crippen molar-refractivity contribution in [2.75, 3.05) is 4.72 Å². The van der Waals surface area contributed by atoms with Crippen LogP contribution in [0.3, 0.4) is 0 Å². The number of amides is 1. The van der Waals surface area contributed by atoms with E-state index in [-0.39, 0.29) is 16.8 Å². The van der Waals surface area contributed by atoms with E-state index >= 15 is 0 Å².